The highest BCUT2D eigenvalue weighted by Crippen LogP contribution is 2.29. The number of rotatable bonds is 8. The number of H-pyrrole nitrogens is 1. The van der Waals surface area contributed by atoms with Crippen molar-refractivity contribution in [3.05, 3.63) is 70.6 Å². The molecular formula is C29H32ClF2N3O4. The van der Waals surface area contributed by atoms with E-state index >= 15 is 0 Å². The van der Waals surface area contributed by atoms with E-state index in [4.69, 9.17) is 16.3 Å². The maximum Gasteiger partial charge on any atom is 0.307 e. The average Bonchev–Trinajstić information content (AvgIpc) is 3.46. The minimum absolute atomic E-state index is 0.0782. The zero-order valence-electron chi connectivity index (χ0n) is 22.1. The molecule has 2 amide bonds. The fourth-order valence-electron chi connectivity index (χ4n) is 4.89. The Kier molecular flexibility index (Phi) is 8.59. The highest BCUT2D eigenvalue weighted by Gasteiger charge is 2.42. The molecule has 0 unspecified atom stereocenters. The molecule has 1 fully saturated rings. The zero-order chi connectivity index (χ0) is 28.3. The molecule has 10 heteroatoms. The highest BCUT2D eigenvalue weighted by molar-refractivity contribution is 6.30. The van der Waals surface area contributed by atoms with Crippen LogP contribution in [-0.4, -0.2) is 52.0 Å². The van der Waals surface area contributed by atoms with Crippen LogP contribution in [0.4, 0.5) is 8.78 Å². The molecule has 2 heterocycles. The number of amides is 2. The number of hydrogen-bond donors (Lipinski definition) is 2. The van der Waals surface area contributed by atoms with Gasteiger partial charge in [-0.3, -0.25) is 14.4 Å². The molecule has 1 aromatic heterocycles. The average molecular weight is 560 g/mol. The number of alkyl halides is 1. The smallest absolute Gasteiger partial charge is 0.307 e. The number of likely N-dealkylation sites (tertiary alicyclic amines) is 1. The van der Waals surface area contributed by atoms with Crippen molar-refractivity contribution < 1.29 is 27.9 Å². The minimum Gasteiger partial charge on any atom is -0.460 e. The van der Waals surface area contributed by atoms with Gasteiger partial charge in [-0.05, 0) is 44.9 Å². The molecule has 2 N–H and O–H groups in total. The van der Waals surface area contributed by atoms with E-state index in [1.807, 2.05) is 24.3 Å². The first-order chi connectivity index (χ1) is 18.4. The quantitative estimate of drug-likeness (QED) is 0.375. The van der Waals surface area contributed by atoms with Gasteiger partial charge in [0.25, 0.3) is 0 Å². The number of ether oxygens (including phenoxy) is 1. The lowest BCUT2D eigenvalue weighted by Crippen LogP contribution is -2.48. The third kappa shape index (κ3) is 6.95. The fourth-order valence-corrected chi connectivity index (χ4v) is 5.09. The molecule has 7 nitrogen and oxygen atoms in total. The first kappa shape index (κ1) is 28.5. The molecule has 0 saturated carbocycles. The standard InChI is InChI=1S/C29H32ClF2N3O4/c1-29(2,3)39-25(36)12-18(11-19-15-33-23-10-5-4-8-21(19)23)28(38)35-16-20(31)13-24(35)27(37)34-14-17-7-6-9-22(30)26(17)32/h4-10,15,18,20,24,33H,11-14,16H2,1-3H3,(H,34,37)/t18-,20-,24+/m1/s1. The maximum absolute atomic E-state index is 14.6. The number of nitrogens with one attached hydrogen (secondary N) is 2. The van der Waals surface area contributed by atoms with E-state index < -0.39 is 47.3 Å². The third-order valence-corrected chi connectivity index (χ3v) is 6.94. The second-order valence-electron chi connectivity index (χ2n) is 10.8. The number of halogens is 3. The van der Waals surface area contributed by atoms with Crippen LogP contribution in [0.1, 0.15) is 44.7 Å². The topological polar surface area (TPSA) is 91.5 Å². The number of nitrogens with zero attached hydrogens (tertiary/aromatic N) is 1. The van der Waals surface area contributed by atoms with Gasteiger partial charge in [-0.25, -0.2) is 8.78 Å². The number of carbonyl (C=O) groups is 3. The Morgan fingerprint density at radius 2 is 1.90 bits per heavy atom. The molecule has 3 atom stereocenters. The summed E-state index contributed by atoms with van der Waals surface area (Å²) in [5.41, 5.74) is 1.12. The Hall–Kier alpha value is -3.46. The first-order valence-corrected chi connectivity index (χ1v) is 13.2. The van der Waals surface area contributed by atoms with Gasteiger partial charge in [0.15, 0.2) is 0 Å². The van der Waals surface area contributed by atoms with Crippen LogP contribution in [0.5, 0.6) is 0 Å². The molecule has 208 valence electrons. The summed E-state index contributed by atoms with van der Waals surface area (Å²) < 4.78 is 34.4. The Balaban J connectivity index is 1.55. The van der Waals surface area contributed by atoms with Crippen LogP contribution in [0.25, 0.3) is 10.9 Å². The van der Waals surface area contributed by atoms with Gasteiger partial charge in [-0.15, -0.1) is 0 Å². The molecular weight excluding hydrogens is 528 g/mol. The summed E-state index contributed by atoms with van der Waals surface area (Å²) in [6, 6.07) is 10.9. The lowest BCUT2D eigenvalue weighted by molar-refractivity contribution is -0.158. The van der Waals surface area contributed by atoms with E-state index in [0.717, 1.165) is 16.5 Å². The number of benzene rings is 2. The van der Waals surface area contributed by atoms with Gasteiger partial charge in [0.2, 0.25) is 11.8 Å². The molecule has 4 rings (SSSR count). The number of aromatic nitrogens is 1. The largest absolute Gasteiger partial charge is 0.460 e. The molecule has 2 aromatic carbocycles. The Morgan fingerprint density at radius 1 is 1.15 bits per heavy atom. The molecule has 0 aliphatic carbocycles. The number of carbonyl (C=O) groups excluding carboxylic acids is 3. The number of aromatic amines is 1. The summed E-state index contributed by atoms with van der Waals surface area (Å²) in [7, 11) is 0. The number of para-hydroxylation sites is 1. The number of hydrogen-bond acceptors (Lipinski definition) is 4. The second kappa shape index (κ2) is 11.7. The molecule has 3 aromatic rings. The van der Waals surface area contributed by atoms with Crippen LogP contribution in [-0.2, 0) is 32.1 Å². The number of fused-ring (bicyclic) bond motifs is 1. The monoisotopic (exact) mass is 559 g/mol. The van der Waals surface area contributed by atoms with Crippen molar-refractivity contribution in [3.63, 3.8) is 0 Å². The van der Waals surface area contributed by atoms with Gasteiger partial charge < -0.3 is 19.9 Å². The molecule has 0 bridgehead atoms. The molecule has 39 heavy (non-hydrogen) atoms. The van der Waals surface area contributed by atoms with Gasteiger partial charge >= 0.3 is 5.97 Å². The zero-order valence-corrected chi connectivity index (χ0v) is 22.9. The summed E-state index contributed by atoms with van der Waals surface area (Å²) in [6.07, 6.45) is 0.138. The Bertz CT molecular complexity index is 1370. The Morgan fingerprint density at radius 3 is 2.64 bits per heavy atom. The van der Waals surface area contributed by atoms with Crippen LogP contribution >= 0.6 is 11.6 Å². The van der Waals surface area contributed by atoms with Crippen molar-refractivity contribution in [2.75, 3.05) is 6.54 Å². The summed E-state index contributed by atoms with van der Waals surface area (Å²) >= 11 is 5.82. The van der Waals surface area contributed by atoms with Gasteiger partial charge in [-0.2, -0.15) is 0 Å². The van der Waals surface area contributed by atoms with E-state index in [2.05, 4.69) is 10.3 Å². The van der Waals surface area contributed by atoms with Crippen molar-refractivity contribution >= 4 is 40.3 Å². The van der Waals surface area contributed by atoms with Crippen molar-refractivity contribution in [1.82, 2.24) is 15.2 Å². The van der Waals surface area contributed by atoms with E-state index in [9.17, 15) is 23.2 Å². The SMILES string of the molecule is CC(C)(C)OC(=O)C[C@@H](Cc1c[nH]c2ccccc12)C(=O)N1C[C@H](F)C[C@H]1C(=O)NCc1cccc(Cl)c1F. The van der Waals surface area contributed by atoms with E-state index in [0.29, 0.717) is 0 Å². The first-order valence-electron chi connectivity index (χ1n) is 12.8. The van der Waals surface area contributed by atoms with Crippen LogP contribution in [0.3, 0.4) is 0 Å². The molecule has 0 spiro atoms. The second-order valence-corrected chi connectivity index (χ2v) is 11.2. The van der Waals surface area contributed by atoms with Crippen LogP contribution < -0.4 is 5.32 Å². The van der Waals surface area contributed by atoms with Gasteiger partial charge in [0.05, 0.1) is 23.9 Å². The van der Waals surface area contributed by atoms with Gasteiger partial charge in [0.1, 0.15) is 23.6 Å². The van der Waals surface area contributed by atoms with E-state index in [1.54, 1.807) is 33.0 Å². The number of esters is 1. The summed E-state index contributed by atoms with van der Waals surface area (Å²) in [5.74, 6) is -3.22. The van der Waals surface area contributed by atoms with Crippen LogP contribution in [0.2, 0.25) is 5.02 Å². The molecule has 1 aliphatic heterocycles. The molecule has 1 aliphatic rings. The minimum atomic E-state index is -1.41. The highest BCUT2D eigenvalue weighted by atomic mass is 35.5. The predicted molar refractivity (Wildman–Crippen MR) is 144 cm³/mol. The van der Waals surface area contributed by atoms with Crippen molar-refractivity contribution in [3.8, 4) is 0 Å². The van der Waals surface area contributed by atoms with Crippen molar-refractivity contribution in [1.29, 1.82) is 0 Å². The normalized spacial score (nSPS) is 18.3. The maximum atomic E-state index is 14.6. The summed E-state index contributed by atoms with van der Waals surface area (Å²) in [6.45, 7) is 4.76. The molecule has 0 radical (unpaired) electrons. The molecule has 1 saturated heterocycles. The van der Waals surface area contributed by atoms with E-state index in [1.165, 1.54) is 17.0 Å². The van der Waals surface area contributed by atoms with Crippen molar-refractivity contribution in [2.45, 2.75) is 64.4 Å². The van der Waals surface area contributed by atoms with Gasteiger partial charge in [0, 0.05) is 35.6 Å². The predicted octanol–water partition coefficient (Wildman–Crippen LogP) is 5.11. The Labute approximate surface area is 230 Å². The van der Waals surface area contributed by atoms with Gasteiger partial charge in [-0.1, -0.05) is 41.9 Å². The van der Waals surface area contributed by atoms with Crippen LogP contribution in [0, 0.1) is 11.7 Å². The third-order valence-electron chi connectivity index (χ3n) is 6.64. The van der Waals surface area contributed by atoms with Crippen molar-refractivity contribution in [2.24, 2.45) is 5.92 Å². The summed E-state index contributed by atoms with van der Waals surface area (Å²) in [5, 5.41) is 3.43. The fraction of sp³-hybridized carbons (Fsp3) is 0.414. The lowest BCUT2D eigenvalue weighted by atomic mass is 9.94. The van der Waals surface area contributed by atoms with Crippen LogP contribution in [0.15, 0.2) is 48.7 Å². The lowest BCUT2D eigenvalue weighted by Gasteiger charge is -2.28. The summed E-state index contributed by atoms with van der Waals surface area (Å²) in [4.78, 5) is 44.0. The van der Waals surface area contributed by atoms with E-state index in [-0.39, 0.29) is 42.9 Å².